The quantitative estimate of drug-likeness (QED) is 0.629. The van der Waals surface area contributed by atoms with Crippen LogP contribution in [0.5, 0.6) is 0 Å². The Morgan fingerprint density at radius 3 is 2.74 bits per heavy atom. The number of hydrogen-bond acceptors (Lipinski definition) is 5. The Labute approximate surface area is 114 Å². The number of rotatable bonds is 5. The Kier molecular flexibility index (Phi) is 4.38. The molecule has 1 heterocycles. The van der Waals surface area contributed by atoms with E-state index in [-0.39, 0.29) is 10.9 Å². The first-order valence-corrected chi connectivity index (χ1v) is 7.98. The fourth-order valence-electron chi connectivity index (χ4n) is 2.60. The van der Waals surface area contributed by atoms with Gasteiger partial charge in [-0.15, -0.1) is 0 Å². The highest BCUT2D eigenvalue weighted by atomic mass is 32.2. The maximum absolute atomic E-state index is 12.6. The third kappa shape index (κ3) is 2.88. The number of anilines is 1. The van der Waals surface area contributed by atoms with E-state index < -0.39 is 10.0 Å². The smallest absolute Gasteiger partial charge is 0.243 e. The van der Waals surface area contributed by atoms with Crippen molar-refractivity contribution >= 4 is 15.8 Å². The first kappa shape index (κ1) is 14.2. The molecule has 19 heavy (non-hydrogen) atoms. The molecular weight excluding hydrogens is 264 g/mol. The van der Waals surface area contributed by atoms with Crippen LogP contribution in [0.3, 0.4) is 0 Å². The van der Waals surface area contributed by atoms with Gasteiger partial charge in [0.2, 0.25) is 10.0 Å². The monoisotopic (exact) mass is 284 g/mol. The van der Waals surface area contributed by atoms with Gasteiger partial charge in [0.1, 0.15) is 5.82 Å². The van der Waals surface area contributed by atoms with Crippen LogP contribution in [-0.4, -0.2) is 30.3 Å². The van der Waals surface area contributed by atoms with Crippen molar-refractivity contribution in [3.8, 4) is 0 Å². The zero-order valence-corrected chi connectivity index (χ0v) is 11.9. The number of sulfonamides is 1. The van der Waals surface area contributed by atoms with E-state index in [9.17, 15) is 8.42 Å². The topological polar surface area (TPSA) is 88.3 Å². The summed E-state index contributed by atoms with van der Waals surface area (Å²) in [6.07, 6.45) is 5.54. The predicted molar refractivity (Wildman–Crippen MR) is 73.9 cm³/mol. The fourth-order valence-corrected chi connectivity index (χ4v) is 4.31. The second-order valence-corrected chi connectivity index (χ2v) is 6.56. The van der Waals surface area contributed by atoms with Gasteiger partial charge in [-0.05, 0) is 18.9 Å². The van der Waals surface area contributed by atoms with Crippen molar-refractivity contribution in [2.75, 3.05) is 12.0 Å². The molecule has 106 valence electrons. The van der Waals surface area contributed by atoms with Crippen LogP contribution in [0, 0.1) is 0 Å². The standard InChI is InChI=1S/C12H20N4O2S/c1-2-16(10-5-3-4-6-10)19(17,18)11-7-8-14-12(9-11)15-13/h7-10H,2-6,13H2,1H3,(H,14,15). The van der Waals surface area contributed by atoms with E-state index in [2.05, 4.69) is 10.4 Å². The number of pyridine rings is 1. The van der Waals surface area contributed by atoms with Crippen LogP contribution in [0.25, 0.3) is 0 Å². The van der Waals surface area contributed by atoms with Crippen LogP contribution >= 0.6 is 0 Å². The molecule has 2 rings (SSSR count). The Balaban J connectivity index is 2.33. The lowest BCUT2D eigenvalue weighted by molar-refractivity contribution is 0.335. The number of hydrazine groups is 1. The van der Waals surface area contributed by atoms with Gasteiger partial charge in [0.25, 0.3) is 0 Å². The highest BCUT2D eigenvalue weighted by molar-refractivity contribution is 7.89. The Hall–Kier alpha value is -1.18. The van der Waals surface area contributed by atoms with Gasteiger partial charge in [0.05, 0.1) is 4.90 Å². The van der Waals surface area contributed by atoms with E-state index in [1.54, 1.807) is 4.31 Å². The third-order valence-corrected chi connectivity index (χ3v) is 5.55. The molecule has 0 bridgehead atoms. The molecule has 1 aliphatic carbocycles. The number of nitrogens with two attached hydrogens (primary N) is 1. The molecule has 1 fully saturated rings. The summed E-state index contributed by atoms with van der Waals surface area (Å²) in [5, 5.41) is 0. The molecule has 6 nitrogen and oxygen atoms in total. The Bertz CT molecular complexity index is 526. The zero-order valence-electron chi connectivity index (χ0n) is 11.0. The number of hydrogen-bond donors (Lipinski definition) is 2. The second kappa shape index (κ2) is 5.85. The molecular formula is C12H20N4O2S. The molecule has 0 amide bonds. The van der Waals surface area contributed by atoms with Crippen molar-refractivity contribution in [1.82, 2.24) is 9.29 Å². The van der Waals surface area contributed by atoms with E-state index in [4.69, 9.17) is 5.84 Å². The summed E-state index contributed by atoms with van der Waals surface area (Å²) in [6.45, 7) is 2.36. The lowest BCUT2D eigenvalue weighted by atomic mass is 10.2. The third-order valence-electron chi connectivity index (χ3n) is 3.53. The van der Waals surface area contributed by atoms with Gasteiger partial charge in [-0.25, -0.2) is 19.2 Å². The first-order chi connectivity index (χ1) is 9.09. The fraction of sp³-hybridized carbons (Fsp3) is 0.583. The minimum absolute atomic E-state index is 0.123. The maximum atomic E-state index is 12.6. The number of nitrogen functional groups attached to an aromatic ring is 1. The molecule has 3 N–H and O–H groups in total. The highest BCUT2D eigenvalue weighted by Crippen LogP contribution is 2.28. The normalized spacial score (nSPS) is 17.0. The molecule has 0 aliphatic heterocycles. The zero-order chi connectivity index (χ0) is 13.9. The van der Waals surface area contributed by atoms with E-state index in [0.717, 1.165) is 25.7 Å². The summed E-state index contributed by atoms with van der Waals surface area (Å²) in [5.41, 5.74) is 2.37. The van der Waals surface area contributed by atoms with Crippen molar-refractivity contribution in [2.45, 2.75) is 43.5 Å². The molecule has 0 aromatic carbocycles. The lowest BCUT2D eigenvalue weighted by Gasteiger charge is -2.26. The maximum Gasteiger partial charge on any atom is 0.243 e. The lowest BCUT2D eigenvalue weighted by Crippen LogP contribution is -2.38. The van der Waals surface area contributed by atoms with Crippen molar-refractivity contribution in [3.05, 3.63) is 18.3 Å². The summed E-state index contributed by atoms with van der Waals surface area (Å²) in [6, 6.07) is 3.10. The molecule has 1 aromatic heterocycles. The van der Waals surface area contributed by atoms with Crippen LogP contribution in [0.1, 0.15) is 32.6 Å². The molecule has 1 saturated carbocycles. The molecule has 1 aliphatic rings. The highest BCUT2D eigenvalue weighted by Gasteiger charge is 2.32. The van der Waals surface area contributed by atoms with Gasteiger partial charge in [0.15, 0.2) is 0 Å². The molecule has 0 unspecified atom stereocenters. The van der Waals surface area contributed by atoms with Crippen molar-refractivity contribution < 1.29 is 8.42 Å². The second-order valence-electron chi connectivity index (χ2n) is 4.67. The van der Waals surface area contributed by atoms with Crippen LogP contribution in [0.2, 0.25) is 0 Å². The van der Waals surface area contributed by atoms with E-state index in [0.29, 0.717) is 12.4 Å². The number of nitrogens with zero attached hydrogens (tertiary/aromatic N) is 2. The van der Waals surface area contributed by atoms with E-state index in [1.165, 1.54) is 18.3 Å². The van der Waals surface area contributed by atoms with Crippen LogP contribution < -0.4 is 11.3 Å². The molecule has 7 heteroatoms. The van der Waals surface area contributed by atoms with Gasteiger partial charge in [-0.3, -0.25) is 0 Å². The van der Waals surface area contributed by atoms with Crippen LogP contribution in [-0.2, 0) is 10.0 Å². The summed E-state index contributed by atoms with van der Waals surface area (Å²) in [7, 11) is -3.47. The molecule has 0 atom stereocenters. The molecule has 0 radical (unpaired) electrons. The summed E-state index contributed by atoms with van der Waals surface area (Å²) >= 11 is 0. The average Bonchev–Trinajstić information content (AvgIpc) is 2.93. The van der Waals surface area contributed by atoms with Crippen molar-refractivity contribution in [2.24, 2.45) is 5.84 Å². The van der Waals surface area contributed by atoms with Gasteiger partial charge < -0.3 is 5.43 Å². The van der Waals surface area contributed by atoms with Gasteiger partial charge >= 0.3 is 0 Å². The van der Waals surface area contributed by atoms with E-state index >= 15 is 0 Å². The van der Waals surface area contributed by atoms with Gasteiger partial charge in [-0.2, -0.15) is 4.31 Å². The van der Waals surface area contributed by atoms with Crippen LogP contribution in [0.4, 0.5) is 5.82 Å². The van der Waals surface area contributed by atoms with Crippen LogP contribution in [0.15, 0.2) is 23.2 Å². The van der Waals surface area contributed by atoms with Crippen molar-refractivity contribution in [1.29, 1.82) is 0 Å². The average molecular weight is 284 g/mol. The first-order valence-electron chi connectivity index (χ1n) is 6.54. The SMILES string of the molecule is CCN(C1CCCC1)S(=O)(=O)c1ccnc(NN)c1. The Morgan fingerprint density at radius 2 is 2.16 bits per heavy atom. The summed E-state index contributed by atoms with van der Waals surface area (Å²) < 4.78 is 26.9. The minimum atomic E-state index is -3.47. The van der Waals surface area contributed by atoms with E-state index in [1.807, 2.05) is 6.92 Å². The molecule has 0 saturated heterocycles. The molecule has 0 spiro atoms. The van der Waals surface area contributed by atoms with Gasteiger partial charge in [-0.1, -0.05) is 19.8 Å². The van der Waals surface area contributed by atoms with Crippen molar-refractivity contribution in [3.63, 3.8) is 0 Å². The Morgan fingerprint density at radius 1 is 1.47 bits per heavy atom. The molecule has 1 aromatic rings. The number of nitrogens with one attached hydrogen (secondary N) is 1. The largest absolute Gasteiger partial charge is 0.308 e. The predicted octanol–water partition coefficient (Wildman–Crippen LogP) is 1.32. The van der Waals surface area contributed by atoms with Gasteiger partial charge in [0, 0.05) is 24.8 Å². The minimum Gasteiger partial charge on any atom is -0.308 e. The summed E-state index contributed by atoms with van der Waals surface area (Å²) in [4.78, 5) is 4.17. The number of aromatic nitrogens is 1. The summed E-state index contributed by atoms with van der Waals surface area (Å²) in [5.74, 6) is 5.62.